The van der Waals surface area contributed by atoms with Crippen LogP contribution in [0, 0.1) is 5.92 Å². The Morgan fingerprint density at radius 2 is 2.20 bits per heavy atom. The van der Waals surface area contributed by atoms with E-state index in [4.69, 9.17) is 5.11 Å². The zero-order valence-corrected chi connectivity index (χ0v) is 9.54. The number of nitrogens with zero attached hydrogens (tertiary/aromatic N) is 1. The van der Waals surface area contributed by atoms with Gasteiger partial charge in [0.2, 0.25) is 0 Å². The molecule has 0 aromatic rings. The van der Waals surface area contributed by atoms with E-state index < -0.39 is 0 Å². The molecule has 1 aliphatic rings. The van der Waals surface area contributed by atoms with E-state index in [0.717, 1.165) is 25.9 Å². The first-order valence-electron chi connectivity index (χ1n) is 5.91. The van der Waals surface area contributed by atoms with Crippen LogP contribution in [0.2, 0.25) is 0 Å². The third-order valence-electron chi connectivity index (χ3n) is 2.68. The molecule has 88 valence electrons. The van der Waals surface area contributed by atoms with Crippen molar-refractivity contribution in [2.24, 2.45) is 5.92 Å². The number of unbranched alkanes of at least 4 members (excludes halogenated alkanes) is 1. The molecule has 0 aliphatic heterocycles. The first-order valence-corrected chi connectivity index (χ1v) is 5.91. The predicted octanol–water partition coefficient (Wildman–Crippen LogP) is 1.20. The van der Waals surface area contributed by atoms with Gasteiger partial charge in [-0.05, 0) is 25.2 Å². The fourth-order valence-corrected chi connectivity index (χ4v) is 1.45. The van der Waals surface area contributed by atoms with Crippen LogP contribution in [-0.2, 0) is 0 Å². The standard InChI is InChI=1S/C11H22N2O2/c1-2-3-6-13(7-8-14)11(15)12-9-10-4-5-10/h10,14H,2-9H2,1H3,(H,12,15). The van der Waals surface area contributed by atoms with Crippen molar-refractivity contribution >= 4 is 6.03 Å². The summed E-state index contributed by atoms with van der Waals surface area (Å²) in [5.41, 5.74) is 0. The van der Waals surface area contributed by atoms with Crippen LogP contribution < -0.4 is 5.32 Å². The average Bonchev–Trinajstić information content (AvgIpc) is 3.04. The van der Waals surface area contributed by atoms with E-state index in [-0.39, 0.29) is 12.6 Å². The fourth-order valence-electron chi connectivity index (χ4n) is 1.45. The largest absolute Gasteiger partial charge is 0.395 e. The molecule has 1 saturated carbocycles. The molecule has 4 heteroatoms. The summed E-state index contributed by atoms with van der Waals surface area (Å²) in [5.74, 6) is 0.705. The van der Waals surface area contributed by atoms with Crippen LogP contribution in [0.3, 0.4) is 0 Å². The second-order valence-corrected chi connectivity index (χ2v) is 4.19. The number of hydrogen-bond donors (Lipinski definition) is 2. The van der Waals surface area contributed by atoms with Crippen molar-refractivity contribution < 1.29 is 9.90 Å². The van der Waals surface area contributed by atoms with E-state index in [2.05, 4.69) is 12.2 Å². The molecule has 0 atom stereocenters. The molecule has 2 N–H and O–H groups in total. The number of rotatable bonds is 7. The van der Waals surface area contributed by atoms with Crippen LogP contribution in [0.25, 0.3) is 0 Å². The van der Waals surface area contributed by atoms with E-state index >= 15 is 0 Å². The maximum absolute atomic E-state index is 11.7. The summed E-state index contributed by atoms with van der Waals surface area (Å²) >= 11 is 0. The maximum Gasteiger partial charge on any atom is 0.317 e. The monoisotopic (exact) mass is 214 g/mol. The van der Waals surface area contributed by atoms with Gasteiger partial charge in [0.25, 0.3) is 0 Å². The second-order valence-electron chi connectivity index (χ2n) is 4.19. The van der Waals surface area contributed by atoms with Crippen molar-refractivity contribution in [3.05, 3.63) is 0 Å². The molecule has 1 fully saturated rings. The normalized spacial score (nSPS) is 15.1. The van der Waals surface area contributed by atoms with Crippen molar-refractivity contribution in [2.75, 3.05) is 26.2 Å². The molecule has 0 spiro atoms. The van der Waals surface area contributed by atoms with E-state index in [1.54, 1.807) is 4.90 Å². The molecule has 0 bridgehead atoms. The Balaban J connectivity index is 2.21. The molecule has 0 radical (unpaired) electrons. The fraction of sp³-hybridized carbons (Fsp3) is 0.909. The summed E-state index contributed by atoms with van der Waals surface area (Å²) in [5, 5.41) is 11.8. The summed E-state index contributed by atoms with van der Waals surface area (Å²) in [6.45, 7) is 4.12. The first kappa shape index (κ1) is 12.3. The van der Waals surface area contributed by atoms with Crippen LogP contribution in [0.5, 0.6) is 0 Å². The van der Waals surface area contributed by atoms with Gasteiger partial charge < -0.3 is 15.3 Å². The van der Waals surface area contributed by atoms with Gasteiger partial charge in [-0.2, -0.15) is 0 Å². The van der Waals surface area contributed by atoms with Gasteiger partial charge >= 0.3 is 6.03 Å². The lowest BCUT2D eigenvalue weighted by Gasteiger charge is -2.21. The lowest BCUT2D eigenvalue weighted by Crippen LogP contribution is -2.42. The van der Waals surface area contributed by atoms with Crippen LogP contribution in [0.4, 0.5) is 4.79 Å². The highest BCUT2D eigenvalue weighted by atomic mass is 16.3. The number of carbonyl (C=O) groups is 1. The summed E-state index contributed by atoms with van der Waals surface area (Å²) < 4.78 is 0. The molecule has 1 rings (SSSR count). The third kappa shape index (κ3) is 5.02. The van der Waals surface area contributed by atoms with Crippen molar-refractivity contribution in [2.45, 2.75) is 32.6 Å². The second kappa shape index (κ2) is 6.67. The summed E-state index contributed by atoms with van der Waals surface area (Å²) in [7, 11) is 0. The van der Waals surface area contributed by atoms with E-state index in [1.165, 1.54) is 12.8 Å². The Morgan fingerprint density at radius 1 is 1.47 bits per heavy atom. The summed E-state index contributed by atoms with van der Waals surface area (Å²) in [6.07, 6.45) is 4.55. The zero-order valence-electron chi connectivity index (χ0n) is 9.54. The molecule has 0 heterocycles. The molecule has 0 aromatic heterocycles. The summed E-state index contributed by atoms with van der Waals surface area (Å²) in [6, 6.07) is -0.0237. The SMILES string of the molecule is CCCCN(CCO)C(=O)NCC1CC1. The van der Waals surface area contributed by atoms with Crippen molar-refractivity contribution in [3.8, 4) is 0 Å². The van der Waals surface area contributed by atoms with E-state index in [0.29, 0.717) is 12.5 Å². The minimum Gasteiger partial charge on any atom is -0.395 e. The molecular formula is C11H22N2O2. The number of amides is 2. The van der Waals surface area contributed by atoms with Crippen molar-refractivity contribution in [1.29, 1.82) is 0 Å². The van der Waals surface area contributed by atoms with Gasteiger partial charge in [0.1, 0.15) is 0 Å². The Morgan fingerprint density at radius 3 is 2.73 bits per heavy atom. The Hall–Kier alpha value is -0.770. The lowest BCUT2D eigenvalue weighted by atomic mass is 10.3. The highest BCUT2D eigenvalue weighted by molar-refractivity contribution is 5.74. The van der Waals surface area contributed by atoms with Crippen LogP contribution in [0.15, 0.2) is 0 Å². The van der Waals surface area contributed by atoms with Gasteiger partial charge in [-0.3, -0.25) is 0 Å². The third-order valence-corrected chi connectivity index (χ3v) is 2.68. The van der Waals surface area contributed by atoms with Crippen LogP contribution in [-0.4, -0.2) is 42.3 Å². The Labute approximate surface area is 91.6 Å². The molecule has 0 unspecified atom stereocenters. The van der Waals surface area contributed by atoms with Gasteiger partial charge in [-0.15, -0.1) is 0 Å². The molecular weight excluding hydrogens is 192 g/mol. The molecule has 4 nitrogen and oxygen atoms in total. The van der Waals surface area contributed by atoms with Crippen LogP contribution in [0.1, 0.15) is 32.6 Å². The van der Waals surface area contributed by atoms with Gasteiger partial charge in [-0.1, -0.05) is 13.3 Å². The van der Waals surface area contributed by atoms with Gasteiger partial charge in [0.15, 0.2) is 0 Å². The van der Waals surface area contributed by atoms with E-state index in [1.807, 2.05) is 0 Å². The van der Waals surface area contributed by atoms with Gasteiger partial charge in [0.05, 0.1) is 6.61 Å². The number of carbonyl (C=O) groups excluding carboxylic acids is 1. The smallest absolute Gasteiger partial charge is 0.317 e. The van der Waals surface area contributed by atoms with Gasteiger partial charge in [0, 0.05) is 19.6 Å². The number of aliphatic hydroxyl groups is 1. The first-order chi connectivity index (χ1) is 7.27. The lowest BCUT2D eigenvalue weighted by molar-refractivity contribution is 0.176. The van der Waals surface area contributed by atoms with E-state index in [9.17, 15) is 4.79 Å². The number of hydrogen-bond acceptors (Lipinski definition) is 2. The van der Waals surface area contributed by atoms with Crippen molar-refractivity contribution in [1.82, 2.24) is 10.2 Å². The Bertz CT molecular complexity index is 193. The number of nitrogens with one attached hydrogen (secondary N) is 1. The highest BCUT2D eigenvalue weighted by Gasteiger charge is 2.22. The zero-order chi connectivity index (χ0) is 11.1. The van der Waals surface area contributed by atoms with Crippen molar-refractivity contribution in [3.63, 3.8) is 0 Å². The average molecular weight is 214 g/mol. The molecule has 15 heavy (non-hydrogen) atoms. The number of aliphatic hydroxyl groups excluding tert-OH is 1. The summed E-state index contributed by atoms with van der Waals surface area (Å²) in [4.78, 5) is 13.4. The Kier molecular flexibility index (Phi) is 5.47. The molecule has 1 aliphatic carbocycles. The highest BCUT2D eigenvalue weighted by Crippen LogP contribution is 2.27. The maximum atomic E-state index is 11.7. The minimum atomic E-state index is -0.0237. The van der Waals surface area contributed by atoms with Crippen LogP contribution >= 0.6 is 0 Å². The predicted molar refractivity (Wildman–Crippen MR) is 59.7 cm³/mol. The minimum absolute atomic E-state index is 0.0237. The van der Waals surface area contributed by atoms with Gasteiger partial charge in [-0.25, -0.2) is 4.79 Å². The molecule has 0 aromatic carbocycles. The molecule has 0 saturated heterocycles. The number of urea groups is 1. The quantitative estimate of drug-likeness (QED) is 0.669. The molecule has 2 amide bonds. The topological polar surface area (TPSA) is 52.6 Å².